The maximum Gasteiger partial charge on any atom is 0.254 e. The summed E-state index contributed by atoms with van der Waals surface area (Å²) in [5.74, 6) is -1.44. The molecule has 2 amide bonds. The number of carbonyl (C=O) groups excluding carboxylic acids is 2. The Morgan fingerprint density at radius 1 is 1.13 bits per heavy atom. The average Bonchev–Trinajstić information content (AvgIpc) is 2.73. The van der Waals surface area contributed by atoms with E-state index in [9.17, 15) is 18.4 Å². The Balaban J connectivity index is 1.47. The smallest absolute Gasteiger partial charge is 0.254 e. The number of amides is 2. The van der Waals surface area contributed by atoms with E-state index >= 15 is 0 Å². The van der Waals surface area contributed by atoms with Crippen molar-refractivity contribution in [2.75, 3.05) is 18.5 Å². The second-order valence-corrected chi connectivity index (χ2v) is 7.34. The number of ether oxygens (including phenoxy) is 1. The Hall–Kier alpha value is -3.03. The van der Waals surface area contributed by atoms with E-state index in [2.05, 4.69) is 15.6 Å². The van der Waals surface area contributed by atoms with Gasteiger partial charge in [-0.15, -0.1) is 0 Å². The summed E-state index contributed by atoms with van der Waals surface area (Å²) in [5.41, 5.74) is -0.278. The third-order valence-electron chi connectivity index (χ3n) is 5.04. The summed E-state index contributed by atoms with van der Waals surface area (Å²) in [6.45, 7) is 0.584. The predicted molar refractivity (Wildman–Crippen MR) is 108 cm³/mol. The fraction of sp³-hybridized carbons (Fsp3) is 0.409. The van der Waals surface area contributed by atoms with Gasteiger partial charge in [-0.05, 0) is 43.0 Å². The van der Waals surface area contributed by atoms with Gasteiger partial charge < -0.3 is 15.4 Å². The van der Waals surface area contributed by atoms with Gasteiger partial charge in [0.2, 0.25) is 5.91 Å². The van der Waals surface area contributed by atoms with Gasteiger partial charge in [-0.3, -0.25) is 9.59 Å². The molecular formula is C22H25F2N3O3. The number of pyridine rings is 1. The van der Waals surface area contributed by atoms with E-state index in [0.29, 0.717) is 30.2 Å². The highest BCUT2D eigenvalue weighted by Gasteiger charge is 2.16. The Labute approximate surface area is 174 Å². The van der Waals surface area contributed by atoms with Gasteiger partial charge in [-0.2, -0.15) is 0 Å². The Kier molecular flexibility index (Phi) is 7.70. The second kappa shape index (κ2) is 10.7. The van der Waals surface area contributed by atoms with Crippen molar-refractivity contribution in [3.8, 4) is 5.75 Å². The van der Waals surface area contributed by atoms with Gasteiger partial charge in [-0.25, -0.2) is 13.8 Å². The maximum atomic E-state index is 13.6. The van der Waals surface area contributed by atoms with Crippen molar-refractivity contribution in [1.29, 1.82) is 0 Å². The lowest BCUT2D eigenvalue weighted by atomic mass is 9.90. The number of benzene rings is 1. The number of hydrogen-bond donors (Lipinski definition) is 2. The minimum Gasteiger partial charge on any atom is -0.489 e. The number of carbonyl (C=O) groups is 2. The molecule has 1 aliphatic carbocycles. The summed E-state index contributed by atoms with van der Waals surface area (Å²) in [6, 6.07) is 6.19. The molecule has 0 radical (unpaired) electrons. The highest BCUT2D eigenvalue weighted by Crippen LogP contribution is 2.27. The van der Waals surface area contributed by atoms with Gasteiger partial charge in [0.1, 0.15) is 11.6 Å². The molecule has 6 nitrogen and oxygen atoms in total. The normalized spacial score (nSPS) is 14.2. The number of aromatic nitrogens is 1. The highest BCUT2D eigenvalue weighted by atomic mass is 19.1. The molecule has 30 heavy (non-hydrogen) atoms. The van der Waals surface area contributed by atoms with Crippen molar-refractivity contribution < 1.29 is 23.1 Å². The van der Waals surface area contributed by atoms with Crippen LogP contribution < -0.4 is 15.4 Å². The quantitative estimate of drug-likeness (QED) is 0.678. The summed E-state index contributed by atoms with van der Waals surface area (Å²) in [6.07, 6.45) is 7.54. The van der Waals surface area contributed by atoms with Crippen LogP contribution in [0.2, 0.25) is 0 Å². The van der Waals surface area contributed by atoms with Crippen molar-refractivity contribution >= 4 is 17.6 Å². The first-order chi connectivity index (χ1) is 14.5. The van der Waals surface area contributed by atoms with Crippen LogP contribution in [0.1, 0.15) is 48.9 Å². The van der Waals surface area contributed by atoms with Crippen LogP contribution in [0.3, 0.4) is 0 Å². The topological polar surface area (TPSA) is 80.3 Å². The molecule has 1 aromatic carbocycles. The minimum atomic E-state index is -0.954. The first-order valence-electron chi connectivity index (χ1n) is 10.1. The van der Waals surface area contributed by atoms with Gasteiger partial charge in [0.15, 0.2) is 11.6 Å². The van der Waals surface area contributed by atoms with E-state index in [1.165, 1.54) is 19.3 Å². The van der Waals surface area contributed by atoms with Crippen LogP contribution >= 0.6 is 0 Å². The molecular weight excluding hydrogens is 392 g/mol. The van der Waals surface area contributed by atoms with Gasteiger partial charge in [0.25, 0.3) is 5.91 Å². The zero-order valence-corrected chi connectivity index (χ0v) is 16.6. The van der Waals surface area contributed by atoms with Crippen LogP contribution in [-0.4, -0.2) is 29.9 Å². The third-order valence-corrected chi connectivity index (χ3v) is 5.04. The molecule has 0 atom stereocenters. The molecule has 1 aromatic heterocycles. The van der Waals surface area contributed by atoms with E-state index in [4.69, 9.17) is 4.74 Å². The lowest BCUT2D eigenvalue weighted by molar-refractivity contribution is -0.116. The SMILES string of the molecule is O=C(CCNC(=O)c1ccc(F)cc1F)Nc1ncccc1OCC1CCCCC1. The predicted octanol–water partition coefficient (Wildman–Crippen LogP) is 4.08. The number of rotatable bonds is 8. The summed E-state index contributed by atoms with van der Waals surface area (Å²) < 4.78 is 32.4. The fourth-order valence-electron chi connectivity index (χ4n) is 3.42. The van der Waals surface area contributed by atoms with E-state index in [1.54, 1.807) is 18.3 Å². The van der Waals surface area contributed by atoms with Crippen molar-refractivity contribution in [2.45, 2.75) is 38.5 Å². The maximum absolute atomic E-state index is 13.6. The molecule has 1 heterocycles. The molecule has 3 rings (SSSR count). The first kappa shape index (κ1) is 21.7. The zero-order chi connectivity index (χ0) is 21.3. The molecule has 0 unspecified atom stereocenters. The zero-order valence-electron chi connectivity index (χ0n) is 16.6. The number of anilines is 1. The summed E-state index contributed by atoms with van der Waals surface area (Å²) in [7, 11) is 0. The van der Waals surface area contributed by atoms with E-state index in [0.717, 1.165) is 25.0 Å². The molecule has 1 aliphatic rings. The largest absolute Gasteiger partial charge is 0.489 e. The fourth-order valence-corrected chi connectivity index (χ4v) is 3.42. The number of nitrogens with zero attached hydrogens (tertiary/aromatic N) is 1. The molecule has 160 valence electrons. The van der Waals surface area contributed by atoms with Crippen molar-refractivity contribution in [3.63, 3.8) is 0 Å². The molecule has 2 N–H and O–H groups in total. The van der Waals surface area contributed by atoms with Crippen molar-refractivity contribution in [2.24, 2.45) is 5.92 Å². The first-order valence-corrected chi connectivity index (χ1v) is 10.1. The Morgan fingerprint density at radius 2 is 1.93 bits per heavy atom. The second-order valence-electron chi connectivity index (χ2n) is 7.34. The monoisotopic (exact) mass is 417 g/mol. The average molecular weight is 417 g/mol. The Bertz CT molecular complexity index is 886. The summed E-state index contributed by atoms with van der Waals surface area (Å²) >= 11 is 0. The molecule has 2 aromatic rings. The number of halogens is 2. The number of nitrogens with one attached hydrogen (secondary N) is 2. The standard InChI is InChI=1S/C22H25F2N3O3/c23-16-8-9-17(18(24)13-16)22(29)26-12-10-20(28)27-21-19(7-4-11-25-21)30-14-15-5-2-1-3-6-15/h4,7-9,11,13,15H,1-3,5-6,10,12,14H2,(H,26,29)(H,25,27,28). The van der Waals surface area contributed by atoms with Crippen LogP contribution in [0, 0.1) is 17.6 Å². The summed E-state index contributed by atoms with van der Waals surface area (Å²) in [5, 5.41) is 5.13. The number of hydrogen-bond acceptors (Lipinski definition) is 4. The highest BCUT2D eigenvalue weighted by molar-refractivity contribution is 5.95. The molecule has 8 heteroatoms. The van der Waals surface area contributed by atoms with Gasteiger partial charge in [0, 0.05) is 25.2 Å². The van der Waals surface area contributed by atoms with Gasteiger partial charge >= 0.3 is 0 Å². The Morgan fingerprint density at radius 3 is 2.70 bits per heavy atom. The minimum absolute atomic E-state index is 0.00736. The van der Waals surface area contributed by atoms with E-state index < -0.39 is 17.5 Å². The van der Waals surface area contributed by atoms with Crippen molar-refractivity contribution in [3.05, 3.63) is 53.7 Å². The lowest BCUT2D eigenvalue weighted by Gasteiger charge is -2.22. The molecule has 1 fully saturated rings. The summed E-state index contributed by atoms with van der Waals surface area (Å²) in [4.78, 5) is 28.4. The lowest BCUT2D eigenvalue weighted by Crippen LogP contribution is -2.28. The van der Waals surface area contributed by atoms with Crippen LogP contribution in [-0.2, 0) is 4.79 Å². The van der Waals surface area contributed by atoms with Crippen LogP contribution in [0.5, 0.6) is 5.75 Å². The molecule has 0 saturated heterocycles. The molecule has 0 spiro atoms. The third kappa shape index (κ3) is 6.23. The molecule has 1 saturated carbocycles. The van der Waals surface area contributed by atoms with E-state index in [1.807, 2.05) is 0 Å². The van der Waals surface area contributed by atoms with Gasteiger partial charge in [-0.1, -0.05) is 19.3 Å². The van der Waals surface area contributed by atoms with Gasteiger partial charge in [0.05, 0.1) is 12.2 Å². The molecule has 0 bridgehead atoms. The van der Waals surface area contributed by atoms with Crippen LogP contribution in [0.15, 0.2) is 36.5 Å². The van der Waals surface area contributed by atoms with Crippen molar-refractivity contribution in [1.82, 2.24) is 10.3 Å². The molecule has 0 aliphatic heterocycles. The van der Waals surface area contributed by atoms with E-state index in [-0.39, 0.29) is 24.4 Å². The van der Waals surface area contributed by atoms with Crippen LogP contribution in [0.25, 0.3) is 0 Å². The van der Waals surface area contributed by atoms with Crippen LogP contribution in [0.4, 0.5) is 14.6 Å².